The van der Waals surface area contributed by atoms with Crippen LogP contribution in [0.4, 0.5) is 0 Å². The average Bonchev–Trinajstić information content (AvgIpc) is 3.12. The van der Waals surface area contributed by atoms with E-state index >= 15 is 0 Å². The smallest absolute Gasteiger partial charge is 0.472 e. The van der Waals surface area contributed by atoms with Crippen LogP contribution in [-0.2, 0) is 37.5 Å². The first-order chi connectivity index (χ1) is 25.1. The van der Waals surface area contributed by atoms with Crippen LogP contribution in [0.2, 0.25) is 0 Å². The lowest BCUT2D eigenvalue weighted by Crippen LogP contribution is -2.34. The Labute approximate surface area is 314 Å². The fourth-order valence-corrected chi connectivity index (χ4v) is 6.03. The summed E-state index contributed by atoms with van der Waals surface area (Å²) in [5.41, 5.74) is 5.32. The molecule has 4 N–H and O–H groups in total. The monoisotopic (exact) mass is 757 g/mol. The van der Waals surface area contributed by atoms with Crippen LogP contribution in [0, 0.1) is 0 Å². The van der Waals surface area contributed by atoms with E-state index in [-0.39, 0.29) is 19.4 Å². The third kappa shape index (κ3) is 34.8. The number of phosphoric ester groups is 1. The van der Waals surface area contributed by atoms with Crippen molar-refractivity contribution in [1.29, 1.82) is 0 Å². The fraction of sp³-hybridized carbons (Fsp3) is 0.775. The molecule has 0 aromatic carbocycles. The molecule has 0 rings (SSSR count). The molecule has 12 heteroatoms. The number of allylic oxidation sites excluding steroid dienone is 6. The summed E-state index contributed by atoms with van der Waals surface area (Å²) >= 11 is 0. The maximum atomic E-state index is 12.6. The van der Waals surface area contributed by atoms with Crippen LogP contribution in [0.15, 0.2) is 36.5 Å². The summed E-state index contributed by atoms with van der Waals surface area (Å²) in [6, 6.07) is -1.52. The van der Waals surface area contributed by atoms with Crippen LogP contribution >= 0.6 is 7.82 Å². The predicted octanol–water partition coefficient (Wildman–Crippen LogP) is 10.1. The van der Waals surface area contributed by atoms with Crippen molar-refractivity contribution < 1.29 is 47.5 Å². The Kier molecular flexibility index (Phi) is 34.1. The minimum absolute atomic E-state index is 0.143. The number of aliphatic carboxylic acids is 1. The number of carboxylic acids is 1. The number of hydrogen-bond donors (Lipinski definition) is 3. The molecule has 0 aromatic rings. The number of unbranched alkanes of at least 4 members (excludes halogenated alkanes) is 17. The number of carboxylic acid groups (broad SMARTS) is 1. The highest BCUT2D eigenvalue weighted by Gasteiger charge is 2.28. The first kappa shape index (κ1) is 49.7. The number of hydrogen-bond acceptors (Lipinski definition) is 9. The summed E-state index contributed by atoms with van der Waals surface area (Å²) < 4.78 is 32.6. The highest BCUT2D eigenvalue weighted by atomic mass is 31.2. The predicted molar refractivity (Wildman–Crippen MR) is 208 cm³/mol. The summed E-state index contributed by atoms with van der Waals surface area (Å²) in [6.07, 6.45) is 36.4. The molecule has 0 heterocycles. The van der Waals surface area contributed by atoms with Crippen molar-refractivity contribution in [3.8, 4) is 0 Å². The molecule has 302 valence electrons. The lowest BCUT2D eigenvalue weighted by molar-refractivity contribution is -0.161. The summed E-state index contributed by atoms with van der Waals surface area (Å²) in [6.45, 7) is 2.66. The Morgan fingerprint density at radius 2 is 1.08 bits per heavy atom. The third-order valence-corrected chi connectivity index (χ3v) is 9.35. The second-order valence-corrected chi connectivity index (χ2v) is 14.8. The van der Waals surface area contributed by atoms with Gasteiger partial charge >= 0.3 is 25.7 Å². The molecule has 0 saturated heterocycles. The molecule has 11 nitrogen and oxygen atoms in total. The van der Waals surface area contributed by atoms with Crippen LogP contribution in [0.5, 0.6) is 0 Å². The molecule has 0 fully saturated rings. The summed E-state index contributed by atoms with van der Waals surface area (Å²) in [5.74, 6) is -2.40. The van der Waals surface area contributed by atoms with Gasteiger partial charge in [0.25, 0.3) is 0 Å². The van der Waals surface area contributed by atoms with E-state index in [0.29, 0.717) is 12.8 Å². The van der Waals surface area contributed by atoms with Crippen LogP contribution in [0.1, 0.15) is 168 Å². The van der Waals surface area contributed by atoms with Gasteiger partial charge in [-0.25, -0.2) is 4.57 Å². The molecule has 0 aromatic heterocycles. The largest absolute Gasteiger partial charge is 0.480 e. The number of phosphoric acid groups is 1. The molecule has 52 heavy (non-hydrogen) atoms. The average molecular weight is 758 g/mol. The Bertz CT molecular complexity index is 1030. The number of carbonyl (C=O) groups excluding carboxylic acids is 2. The lowest BCUT2D eigenvalue weighted by atomic mass is 10.0. The van der Waals surface area contributed by atoms with Gasteiger partial charge in [0, 0.05) is 12.8 Å². The maximum Gasteiger partial charge on any atom is 0.472 e. The van der Waals surface area contributed by atoms with E-state index in [1.807, 2.05) is 0 Å². The molecule has 0 spiro atoms. The maximum absolute atomic E-state index is 12.6. The van der Waals surface area contributed by atoms with Crippen molar-refractivity contribution in [2.24, 2.45) is 5.73 Å². The molecule has 3 atom stereocenters. The van der Waals surface area contributed by atoms with E-state index in [1.54, 1.807) is 0 Å². The van der Waals surface area contributed by atoms with Gasteiger partial charge in [0.1, 0.15) is 12.6 Å². The number of nitrogens with two attached hydrogens (primary N) is 1. The van der Waals surface area contributed by atoms with Gasteiger partial charge in [-0.3, -0.25) is 23.4 Å². The van der Waals surface area contributed by atoms with Crippen molar-refractivity contribution in [2.45, 2.75) is 180 Å². The Morgan fingerprint density at radius 1 is 0.615 bits per heavy atom. The Balaban J connectivity index is 4.44. The first-order valence-corrected chi connectivity index (χ1v) is 21.5. The van der Waals surface area contributed by atoms with Crippen LogP contribution in [0.3, 0.4) is 0 Å². The van der Waals surface area contributed by atoms with E-state index in [2.05, 4.69) is 54.8 Å². The van der Waals surface area contributed by atoms with Gasteiger partial charge in [-0.15, -0.1) is 0 Å². The zero-order valence-corrected chi connectivity index (χ0v) is 33.3. The van der Waals surface area contributed by atoms with E-state index in [9.17, 15) is 23.8 Å². The second-order valence-electron chi connectivity index (χ2n) is 13.4. The van der Waals surface area contributed by atoms with Gasteiger partial charge in [0.05, 0.1) is 13.2 Å². The summed E-state index contributed by atoms with van der Waals surface area (Å²) in [4.78, 5) is 45.8. The van der Waals surface area contributed by atoms with Crippen molar-refractivity contribution >= 4 is 25.7 Å². The first-order valence-electron chi connectivity index (χ1n) is 20.0. The summed E-state index contributed by atoms with van der Waals surface area (Å²) in [7, 11) is -4.71. The number of carbonyl (C=O) groups is 3. The SMILES string of the molecule is CC/C=C\C/C=C\C/C=C\CCCCCCCC(=O)OC(COC(=O)CCCCCCCCCCCCCCC)COP(=O)(O)OCC(N)C(=O)O. The van der Waals surface area contributed by atoms with Crippen molar-refractivity contribution in [3.05, 3.63) is 36.5 Å². The summed E-state index contributed by atoms with van der Waals surface area (Å²) in [5, 5.41) is 8.87. The van der Waals surface area contributed by atoms with Crippen molar-refractivity contribution in [3.63, 3.8) is 0 Å². The van der Waals surface area contributed by atoms with Crippen LogP contribution in [-0.4, -0.2) is 59.9 Å². The normalized spacial score (nSPS) is 14.2. The van der Waals surface area contributed by atoms with Gasteiger partial charge in [0.2, 0.25) is 0 Å². The van der Waals surface area contributed by atoms with Crippen molar-refractivity contribution in [2.75, 3.05) is 19.8 Å². The molecular formula is C40H72NO10P. The van der Waals surface area contributed by atoms with Gasteiger partial charge in [-0.05, 0) is 44.9 Å². The Morgan fingerprint density at radius 3 is 1.62 bits per heavy atom. The highest BCUT2D eigenvalue weighted by Crippen LogP contribution is 2.43. The van der Waals surface area contributed by atoms with E-state index in [4.69, 9.17) is 24.8 Å². The van der Waals surface area contributed by atoms with Crippen LogP contribution < -0.4 is 5.73 Å². The molecule has 0 aliphatic carbocycles. The molecule has 0 saturated carbocycles. The molecule has 3 unspecified atom stereocenters. The van der Waals surface area contributed by atoms with E-state index in [0.717, 1.165) is 70.6 Å². The molecule has 0 aliphatic rings. The molecule has 0 radical (unpaired) electrons. The molecule has 0 aliphatic heterocycles. The van der Waals surface area contributed by atoms with Gasteiger partial charge in [-0.1, -0.05) is 147 Å². The number of ether oxygens (including phenoxy) is 2. The van der Waals surface area contributed by atoms with Gasteiger partial charge < -0.3 is 25.2 Å². The minimum Gasteiger partial charge on any atom is -0.480 e. The quantitative estimate of drug-likeness (QED) is 0.0238. The van der Waals surface area contributed by atoms with Gasteiger partial charge in [0.15, 0.2) is 6.10 Å². The second kappa shape index (κ2) is 35.7. The fourth-order valence-electron chi connectivity index (χ4n) is 5.25. The zero-order chi connectivity index (χ0) is 38.5. The molecular weight excluding hydrogens is 685 g/mol. The number of esters is 2. The van der Waals surface area contributed by atoms with Crippen molar-refractivity contribution in [1.82, 2.24) is 0 Å². The van der Waals surface area contributed by atoms with Gasteiger partial charge in [-0.2, -0.15) is 0 Å². The molecule has 0 bridgehead atoms. The third-order valence-electron chi connectivity index (χ3n) is 8.40. The Hall–Kier alpha value is -2.30. The minimum atomic E-state index is -4.71. The zero-order valence-electron chi connectivity index (χ0n) is 32.4. The standard InChI is InChI=1S/C40H72NO10P/c1-3-5-7-9-11-13-15-17-18-20-22-24-26-28-30-32-39(43)51-36(34-49-52(46,47)50-35-37(41)40(44)45)33-48-38(42)31-29-27-25-23-21-19-16-14-12-10-8-6-4-2/h5,7,11,13,17-18,36-37H,3-4,6,8-10,12,14-16,19-35,41H2,1-2H3,(H,44,45)(H,46,47)/b7-5-,13-11-,18-17-. The topological polar surface area (TPSA) is 172 Å². The highest BCUT2D eigenvalue weighted by molar-refractivity contribution is 7.47. The van der Waals surface area contributed by atoms with E-state index < -0.39 is 51.1 Å². The lowest BCUT2D eigenvalue weighted by Gasteiger charge is -2.20. The molecule has 0 amide bonds. The number of rotatable bonds is 37. The van der Waals surface area contributed by atoms with Crippen LogP contribution in [0.25, 0.3) is 0 Å². The van der Waals surface area contributed by atoms with E-state index in [1.165, 1.54) is 57.8 Å².